The van der Waals surface area contributed by atoms with Gasteiger partial charge in [-0.05, 0) is 58.4 Å². The smallest absolute Gasteiger partial charge is 0.334 e. The number of allylic oxidation sites excluding steroid dienone is 2. The zero-order chi connectivity index (χ0) is 31.0. The fraction of sp³-hybridized carbons (Fsp3) is 0.400. The van der Waals surface area contributed by atoms with Crippen molar-refractivity contribution < 1.29 is 39.3 Å². The molecule has 4 N–H and O–H groups in total. The van der Waals surface area contributed by atoms with Crippen LogP contribution in [-0.2, 0) is 15.0 Å². The van der Waals surface area contributed by atoms with Crippen molar-refractivity contribution in [2.75, 3.05) is 33.4 Å². The Labute approximate surface area is 244 Å². The van der Waals surface area contributed by atoms with E-state index in [0.717, 1.165) is 0 Å². The van der Waals surface area contributed by atoms with Gasteiger partial charge in [-0.15, -0.1) is 0 Å². The Bertz CT molecular complexity index is 1330. The minimum Gasteiger partial charge on any atom is -0.493 e. The summed E-state index contributed by atoms with van der Waals surface area (Å²) in [6, 6.07) is 13.0. The number of aliphatic carboxylic acids is 2. The number of nitro groups is 1. The minimum absolute atomic E-state index is 0.0814. The van der Waals surface area contributed by atoms with Crippen LogP contribution in [0, 0.1) is 10.1 Å². The molecular formula is C30H37N3O9. The second-order valence-electron chi connectivity index (χ2n) is 10.2. The van der Waals surface area contributed by atoms with Gasteiger partial charge in [-0.3, -0.25) is 10.1 Å². The molecule has 0 saturated carbocycles. The van der Waals surface area contributed by atoms with Crippen molar-refractivity contribution in [2.24, 2.45) is 0 Å². The number of hydrogen-bond donors (Lipinski definition) is 4. The summed E-state index contributed by atoms with van der Waals surface area (Å²) in [5, 5.41) is 45.3. The number of benzene rings is 2. The summed E-state index contributed by atoms with van der Waals surface area (Å²) in [6.45, 7) is 5.84. The van der Waals surface area contributed by atoms with E-state index in [4.69, 9.17) is 9.47 Å². The molecule has 0 spiro atoms. The summed E-state index contributed by atoms with van der Waals surface area (Å²) in [6.07, 6.45) is 0.551. The summed E-state index contributed by atoms with van der Waals surface area (Å²) < 4.78 is 11.5. The van der Waals surface area contributed by atoms with Crippen LogP contribution < -0.4 is 14.8 Å². The molecule has 0 fully saturated rings. The number of unbranched alkanes of at least 4 members (excludes halogenated alkanes) is 1. The van der Waals surface area contributed by atoms with E-state index in [1.54, 1.807) is 20.9 Å². The number of rotatable bonds is 15. The molecule has 1 unspecified atom stereocenters. The molecule has 1 aliphatic heterocycles. The first-order valence-corrected chi connectivity index (χ1v) is 13.5. The maximum atomic E-state index is 12.5. The van der Waals surface area contributed by atoms with Gasteiger partial charge in [0.25, 0.3) is 5.69 Å². The number of ether oxygens (including phenoxy) is 2. The number of hydrogen-bond acceptors (Lipinski definition) is 9. The van der Waals surface area contributed by atoms with E-state index in [1.807, 2.05) is 30.3 Å². The largest absolute Gasteiger partial charge is 0.493 e. The minimum atomic E-state index is -1.75. The van der Waals surface area contributed by atoms with Gasteiger partial charge in [-0.2, -0.15) is 0 Å². The number of aliphatic hydroxyl groups excluding tert-OH is 1. The van der Waals surface area contributed by atoms with Crippen LogP contribution in [0.15, 0.2) is 71.1 Å². The van der Waals surface area contributed by atoms with Crippen molar-refractivity contribution >= 4 is 17.6 Å². The number of carbonyl (C=O) groups is 2. The number of para-hydroxylation sites is 1. The second kappa shape index (κ2) is 14.0. The van der Waals surface area contributed by atoms with Crippen molar-refractivity contribution in [3.63, 3.8) is 0 Å². The van der Waals surface area contributed by atoms with E-state index >= 15 is 0 Å². The highest BCUT2D eigenvalue weighted by atomic mass is 16.6. The van der Waals surface area contributed by atoms with Crippen LogP contribution in [0.2, 0.25) is 0 Å². The maximum Gasteiger partial charge on any atom is 0.334 e. The molecule has 0 saturated heterocycles. The summed E-state index contributed by atoms with van der Waals surface area (Å²) in [5.74, 6) is -1.84. The Morgan fingerprint density at radius 2 is 1.64 bits per heavy atom. The standard InChI is InChI=1S/C30H37N3O9/c1-19-26(28(35)36)30(3,27(29(37)38)20(2)32(19)4)24-16-21(33(39)40)12-13-25(24)41-15-9-8-14-31-17-22(34)18-42-23-10-6-5-7-11-23/h5-7,10-13,16,22,31,34H,8-9,14-15,17-18H2,1-4H3,(H,35,36)(H,37,38). The number of carboxylic acids is 2. The van der Waals surface area contributed by atoms with Gasteiger partial charge in [0, 0.05) is 42.7 Å². The van der Waals surface area contributed by atoms with E-state index in [1.165, 1.54) is 30.0 Å². The molecule has 12 heteroatoms. The second-order valence-corrected chi connectivity index (χ2v) is 10.2. The third-order valence-electron chi connectivity index (χ3n) is 7.44. The Hall–Kier alpha value is -4.42. The summed E-state index contributed by atoms with van der Waals surface area (Å²) in [5.41, 5.74) is -1.78. The topological polar surface area (TPSA) is 172 Å². The molecule has 0 amide bonds. The van der Waals surface area contributed by atoms with Crippen LogP contribution in [-0.4, -0.2) is 76.5 Å². The zero-order valence-corrected chi connectivity index (χ0v) is 24.1. The summed E-state index contributed by atoms with van der Waals surface area (Å²) in [4.78, 5) is 37.6. The lowest BCUT2D eigenvalue weighted by Crippen LogP contribution is -2.43. The summed E-state index contributed by atoms with van der Waals surface area (Å²) in [7, 11) is 1.57. The zero-order valence-electron chi connectivity index (χ0n) is 24.1. The van der Waals surface area contributed by atoms with Crippen LogP contribution in [0.3, 0.4) is 0 Å². The Balaban J connectivity index is 1.72. The number of carboxylic acid groups (broad SMARTS) is 2. The van der Waals surface area contributed by atoms with Gasteiger partial charge in [0.2, 0.25) is 0 Å². The first-order valence-electron chi connectivity index (χ1n) is 13.5. The molecule has 3 rings (SSSR count). The molecule has 2 aromatic carbocycles. The van der Waals surface area contributed by atoms with E-state index in [9.17, 15) is 35.0 Å². The van der Waals surface area contributed by atoms with E-state index < -0.39 is 28.4 Å². The fourth-order valence-electron chi connectivity index (χ4n) is 5.16. The van der Waals surface area contributed by atoms with Gasteiger partial charge in [0.1, 0.15) is 24.2 Å². The first kappa shape index (κ1) is 32.1. The molecule has 12 nitrogen and oxygen atoms in total. The molecule has 42 heavy (non-hydrogen) atoms. The number of nitrogens with zero attached hydrogens (tertiary/aromatic N) is 2. The van der Waals surface area contributed by atoms with Gasteiger partial charge >= 0.3 is 11.9 Å². The van der Waals surface area contributed by atoms with E-state index in [0.29, 0.717) is 43.1 Å². The highest BCUT2D eigenvalue weighted by molar-refractivity contribution is 6.00. The van der Waals surface area contributed by atoms with Gasteiger partial charge in [-0.25, -0.2) is 9.59 Å². The third-order valence-corrected chi connectivity index (χ3v) is 7.44. The van der Waals surface area contributed by atoms with Crippen molar-refractivity contribution in [2.45, 2.75) is 45.1 Å². The lowest BCUT2D eigenvalue weighted by atomic mass is 9.66. The predicted molar refractivity (Wildman–Crippen MR) is 154 cm³/mol. The molecule has 1 atom stereocenters. The molecule has 2 aromatic rings. The number of nitrogens with one attached hydrogen (secondary N) is 1. The normalized spacial score (nSPS) is 15.4. The monoisotopic (exact) mass is 583 g/mol. The van der Waals surface area contributed by atoms with Gasteiger partial charge in [-0.1, -0.05) is 18.2 Å². The van der Waals surface area contributed by atoms with Crippen LogP contribution in [0.1, 0.15) is 39.2 Å². The van der Waals surface area contributed by atoms with Crippen LogP contribution in [0.4, 0.5) is 5.69 Å². The molecule has 1 aliphatic rings. The van der Waals surface area contributed by atoms with E-state index in [2.05, 4.69) is 5.32 Å². The van der Waals surface area contributed by atoms with E-state index in [-0.39, 0.29) is 41.4 Å². The third kappa shape index (κ3) is 7.07. The highest BCUT2D eigenvalue weighted by Crippen LogP contribution is 2.50. The Morgan fingerprint density at radius 1 is 1.02 bits per heavy atom. The van der Waals surface area contributed by atoms with Crippen LogP contribution >= 0.6 is 0 Å². The predicted octanol–water partition coefficient (Wildman–Crippen LogP) is 3.70. The van der Waals surface area contributed by atoms with Crippen molar-refractivity contribution in [3.05, 3.63) is 86.7 Å². The molecule has 0 aromatic heterocycles. The Morgan fingerprint density at radius 3 is 2.21 bits per heavy atom. The molecule has 0 radical (unpaired) electrons. The highest BCUT2D eigenvalue weighted by Gasteiger charge is 2.50. The lowest BCUT2D eigenvalue weighted by Gasteiger charge is -2.42. The SMILES string of the molecule is CC1=C(C(=O)O)C(C)(c2cc([N+](=O)[O-])ccc2OCCCCNCC(O)COc2ccccc2)C(C(=O)O)=C(C)N1C. The van der Waals surface area contributed by atoms with Gasteiger partial charge in [0.15, 0.2) is 0 Å². The van der Waals surface area contributed by atoms with Crippen LogP contribution in [0.5, 0.6) is 11.5 Å². The molecular weight excluding hydrogens is 546 g/mol. The molecule has 1 heterocycles. The number of non-ortho nitro benzene ring substituents is 1. The number of aliphatic hydroxyl groups is 1. The molecule has 0 bridgehead atoms. The molecule has 0 aliphatic carbocycles. The molecule has 226 valence electrons. The average molecular weight is 584 g/mol. The Kier molecular flexibility index (Phi) is 10.7. The average Bonchev–Trinajstić information content (AvgIpc) is 2.94. The van der Waals surface area contributed by atoms with Crippen molar-refractivity contribution in [1.29, 1.82) is 0 Å². The van der Waals surface area contributed by atoms with Gasteiger partial charge in [0.05, 0.1) is 28.1 Å². The van der Waals surface area contributed by atoms with Crippen molar-refractivity contribution in [3.8, 4) is 11.5 Å². The maximum absolute atomic E-state index is 12.5. The van der Waals surface area contributed by atoms with Gasteiger partial charge < -0.3 is 35.0 Å². The number of nitro benzene ring substituents is 1. The quantitative estimate of drug-likeness (QED) is 0.137. The first-order chi connectivity index (χ1) is 19.9. The summed E-state index contributed by atoms with van der Waals surface area (Å²) >= 11 is 0. The van der Waals surface area contributed by atoms with Crippen molar-refractivity contribution in [1.82, 2.24) is 10.2 Å². The lowest BCUT2D eigenvalue weighted by molar-refractivity contribution is -0.385. The van der Waals surface area contributed by atoms with Crippen LogP contribution in [0.25, 0.3) is 0 Å². The fourth-order valence-corrected chi connectivity index (χ4v) is 5.16.